The lowest BCUT2D eigenvalue weighted by atomic mass is 10.1. The fraction of sp³-hybridized carbons (Fsp3) is 0.579. The molecular weight excluding hydrogens is 334 g/mol. The van der Waals surface area contributed by atoms with Crippen LogP contribution in [0.15, 0.2) is 18.2 Å². The van der Waals surface area contributed by atoms with Gasteiger partial charge < -0.3 is 19.7 Å². The van der Waals surface area contributed by atoms with Crippen LogP contribution in [0.2, 0.25) is 0 Å². The molecule has 144 valence electrons. The highest BCUT2D eigenvalue weighted by molar-refractivity contribution is 5.88. The van der Waals surface area contributed by atoms with Gasteiger partial charge in [-0.15, -0.1) is 0 Å². The molecule has 1 heterocycles. The minimum absolute atomic E-state index is 0.000317. The standard InChI is InChI=1S/C19H29N3O4/c1-5-21(6-2)17(23)12-15-19(24)20-10-11-22(15)13-14-8-7-9-16(25-3)18(14)26-4/h7-9,15H,5-6,10-13H2,1-4H3,(H,20,24)/t15-/m0/s1. The highest BCUT2D eigenvalue weighted by atomic mass is 16.5. The topological polar surface area (TPSA) is 71.1 Å². The number of carbonyl (C=O) groups is 2. The Hall–Kier alpha value is -2.28. The Morgan fingerprint density at radius 2 is 2.00 bits per heavy atom. The van der Waals surface area contributed by atoms with E-state index >= 15 is 0 Å². The molecule has 1 aromatic rings. The minimum Gasteiger partial charge on any atom is -0.493 e. The predicted octanol–water partition coefficient (Wildman–Crippen LogP) is 1.26. The zero-order valence-corrected chi connectivity index (χ0v) is 16.1. The molecule has 26 heavy (non-hydrogen) atoms. The minimum atomic E-state index is -0.479. The highest BCUT2D eigenvalue weighted by Crippen LogP contribution is 2.32. The van der Waals surface area contributed by atoms with Crippen molar-refractivity contribution in [3.05, 3.63) is 23.8 Å². The number of nitrogens with zero attached hydrogens (tertiary/aromatic N) is 2. The molecule has 1 aromatic carbocycles. The summed E-state index contributed by atoms with van der Waals surface area (Å²) < 4.78 is 10.9. The predicted molar refractivity (Wildman–Crippen MR) is 99.3 cm³/mol. The van der Waals surface area contributed by atoms with Gasteiger partial charge in [0.1, 0.15) is 0 Å². The van der Waals surface area contributed by atoms with Crippen molar-refractivity contribution in [3.8, 4) is 11.5 Å². The summed E-state index contributed by atoms with van der Waals surface area (Å²) in [6.07, 6.45) is 0.180. The Labute approximate surface area is 155 Å². The molecule has 0 spiro atoms. The Balaban J connectivity index is 2.20. The third-order valence-corrected chi connectivity index (χ3v) is 4.78. The first-order valence-corrected chi connectivity index (χ1v) is 9.05. The van der Waals surface area contributed by atoms with Crippen LogP contribution in [-0.2, 0) is 16.1 Å². The first kappa shape index (κ1) is 20.0. The van der Waals surface area contributed by atoms with Crippen LogP contribution in [0, 0.1) is 0 Å². The van der Waals surface area contributed by atoms with Crippen molar-refractivity contribution in [1.29, 1.82) is 0 Å². The molecule has 1 aliphatic heterocycles. The van der Waals surface area contributed by atoms with Crippen molar-refractivity contribution in [2.75, 3.05) is 40.4 Å². The summed E-state index contributed by atoms with van der Waals surface area (Å²) in [7, 11) is 3.20. The summed E-state index contributed by atoms with van der Waals surface area (Å²) in [4.78, 5) is 28.7. The zero-order chi connectivity index (χ0) is 19.1. The van der Waals surface area contributed by atoms with E-state index in [-0.39, 0.29) is 18.2 Å². The quantitative estimate of drug-likeness (QED) is 0.753. The number of ether oxygens (including phenoxy) is 2. The van der Waals surface area contributed by atoms with Gasteiger partial charge in [0.15, 0.2) is 11.5 Å². The number of hydrogen-bond donors (Lipinski definition) is 1. The monoisotopic (exact) mass is 363 g/mol. The Kier molecular flexibility index (Phi) is 7.26. The number of benzene rings is 1. The van der Waals surface area contributed by atoms with Gasteiger partial charge in [-0.2, -0.15) is 0 Å². The number of nitrogens with one attached hydrogen (secondary N) is 1. The van der Waals surface area contributed by atoms with Crippen molar-refractivity contribution in [2.45, 2.75) is 32.9 Å². The SMILES string of the molecule is CCN(CC)C(=O)C[C@H]1C(=O)NCCN1Cc1cccc(OC)c1OC. The van der Waals surface area contributed by atoms with Crippen molar-refractivity contribution in [3.63, 3.8) is 0 Å². The molecule has 0 aromatic heterocycles. The van der Waals surface area contributed by atoms with Crippen LogP contribution in [0.5, 0.6) is 11.5 Å². The molecule has 0 radical (unpaired) electrons. The number of methoxy groups -OCH3 is 2. The maximum atomic E-state index is 12.5. The van der Waals surface area contributed by atoms with Crippen molar-refractivity contribution in [1.82, 2.24) is 15.1 Å². The summed E-state index contributed by atoms with van der Waals surface area (Å²) in [5, 5.41) is 2.87. The van der Waals surface area contributed by atoms with E-state index in [4.69, 9.17) is 9.47 Å². The molecule has 2 amide bonds. The molecule has 0 unspecified atom stereocenters. The van der Waals surface area contributed by atoms with Crippen LogP contribution in [-0.4, -0.2) is 68.1 Å². The van der Waals surface area contributed by atoms with Crippen LogP contribution in [0.3, 0.4) is 0 Å². The van der Waals surface area contributed by atoms with Gasteiger partial charge in [-0.25, -0.2) is 0 Å². The summed E-state index contributed by atoms with van der Waals surface area (Å²) in [5.74, 6) is 1.22. The number of para-hydroxylation sites is 1. The lowest BCUT2D eigenvalue weighted by Gasteiger charge is -2.36. The molecule has 0 saturated carbocycles. The summed E-state index contributed by atoms with van der Waals surface area (Å²) >= 11 is 0. The normalized spacial score (nSPS) is 17.5. The molecule has 7 nitrogen and oxygen atoms in total. The zero-order valence-electron chi connectivity index (χ0n) is 16.1. The lowest BCUT2D eigenvalue weighted by molar-refractivity contribution is -0.138. The van der Waals surface area contributed by atoms with Gasteiger partial charge in [-0.05, 0) is 19.9 Å². The summed E-state index contributed by atoms with van der Waals surface area (Å²) in [5.41, 5.74) is 0.932. The molecule has 7 heteroatoms. The largest absolute Gasteiger partial charge is 0.493 e. The molecule has 1 aliphatic rings. The van der Waals surface area contributed by atoms with Gasteiger partial charge in [-0.3, -0.25) is 14.5 Å². The molecule has 1 atom stereocenters. The van der Waals surface area contributed by atoms with Gasteiger partial charge in [-0.1, -0.05) is 12.1 Å². The van der Waals surface area contributed by atoms with Gasteiger partial charge in [0.2, 0.25) is 11.8 Å². The van der Waals surface area contributed by atoms with Crippen molar-refractivity contribution >= 4 is 11.8 Å². The van der Waals surface area contributed by atoms with E-state index in [0.29, 0.717) is 44.2 Å². The lowest BCUT2D eigenvalue weighted by Crippen LogP contribution is -2.56. The third-order valence-electron chi connectivity index (χ3n) is 4.78. The molecule has 0 aliphatic carbocycles. The fourth-order valence-corrected chi connectivity index (χ4v) is 3.34. The van der Waals surface area contributed by atoms with E-state index in [1.807, 2.05) is 36.9 Å². The van der Waals surface area contributed by atoms with Crippen LogP contribution >= 0.6 is 0 Å². The number of piperazine rings is 1. The smallest absolute Gasteiger partial charge is 0.237 e. The first-order valence-electron chi connectivity index (χ1n) is 9.05. The van der Waals surface area contributed by atoms with E-state index in [0.717, 1.165) is 5.56 Å². The first-order chi connectivity index (χ1) is 12.5. The maximum absolute atomic E-state index is 12.5. The van der Waals surface area contributed by atoms with E-state index < -0.39 is 6.04 Å². The molecular formula is C19H29N3O4. The van der Waals surface area contributed by atoms with Crippen LogP contribution in [0.4, 0.5) is 0 Å². The van der Waals surface area contributed by atoms with Gasteiger partial charge in [0.05, 0.1) is 26.7 Å². The number of hydrogen-bond acceptors (Lipinski definition) is 5. The van der Waals surface area contributed by atoms with Crippen LogP contribution in [0.1, 0.15) is 25.8 Å². The highest BCUT2D eigenvalue weighted by Gasteiger charge is 2.33. The summed E-state index contributed by atoms with van der Waals surface area (Å²) in [6.45, 7) is 6.95. The second-order valence-corrected chi connectivity index (χ2v) is 6.20. The Morgan fingerprint density at radius 1 is 1.27 bits per heavy atom. The van der Waals surface area contributed by atoms with Crippen molar-refractivity contribution in [2.24, 2.45) is 0 Å². The van der Waals surface area contributed by atoms with Crippen LogP contribution in [0.25, 0.3) is 0 Å². The second kappa shape index (κ2) is 9.43. The van der Waals surface area contributed by atoms with E-state index in [2.05, 4.69) is 5.32 Å². The Bertz CT molecular complexity index is 631. The number of amides is 2. The molecule has 1 saturated heterocycles. The molecule has 0 bridgehead atoms. The molecule has 1 fully saturated rings. The average molecular weight is 363 g/mol. The van der Waals surface area contributed by atoms with Gasteiger partial charge >= 0.3 is 0 Å². The van der Waals surface area contributed by atoms with Crippen LogP contribution < -0.4 is 14.8 Å². The Morgan fingerprint density at radius 3 is 2.62 bits per heavy atom. The van der Waals surface area contributed by atoms with E-state index in [1.54, 1.807) is 19.1 Å². The second-order valence-electron chi connectivity index (χ2n) is 6.20. The fourth-order valence-electron chi connectivity index (χ4n) is 3.34. The van der Waals surface area contributed by atoms with Gasteiger partial charge in [0.25, 0.3) is 0 Å². The third kappa shape index (κ3) is 4.46. The maximum Gasteiger partial charge on any atom is 0.237 e. The van der Waals surface area contributed by atoms with E-state index in [1.165, 1.54) is 0 Å². The number of carbonyl (C=O) groups excluding carboxylic acids is 2. The van der Waals surface area contributed by atoms with Gasteiger partial charge in [0, 0.05) is 38.3 Å². The van der Waals surface area contributed by atoms with E-state index in [9.17, 15) is 9.59 Å². The molecule has 2 rings (SSSR count). The molecule has 1 N–H and O–H groups in total. The van der Waals surface area contributed by atoms with Crippen molar-refractivity contribution < 1.29 is 19.1 Å². The number of rotatable bonds is 8. The summed E-state index contributed by atoms with van der Waals surface area (Å²) in [6, 6.07) is 5.22. The average Bonchev–Trinajstić information content (AvgIpc) is 2.65.